The van der Waals surface area contributed by atoms with Crippen molar-refractivity contribution < 1.29 is 4.74 Å². The second-order valence-electron chi connectivity index (χ2n) is 4.85. The standard InChI is InChI=1S/C16H27N3O.HI/c1-4-5-10-17-16(18-11-12-20-3)19-13-15-8-6-14(2)7-9-15;/h6-9H,4-5,10-13H2,1-3H3,(H2,17,18,19);1H. The van der Waals surface area contributed by atoms with Crippen molar-refractivity contribution in [3.63, 3.8) is 0 Å². The SMILES string of the molecule is CCCCNC(=NCc1ccc(C)cc1)NCCOC.I. The number of rotatable bonds is 8. The maximum Gasteiger partial charge on any atom is 0.191 e. The summed E-state index contributed by atoms with van der Waals surface area (Å²) in [6.07, 6.45) is 2.33. The van der Waals surface area contributed by atoms with E-state index in [4.69, 9.17) is 4.74 Å². The second-order valence-corrected chi connectivity index (χ2v) is 4.85. The minimum atomic E-state index is 0. The Morgan fingerprint density at radius 2 is 1.81 bits per heavy atom. The average molecular weight is 405 g/mol. The summed E-state index contributed by atoms with van der Waals surface area (Å²) < 4.78 is 5.05. The molecular formula is C16H28IN3O. The van der Waals surface area contributed by atoms with E-state index < -0.39 is 0 Å². The normalized spacial score (nSPS) is 10.9. The highest BCUT2D eigenvalue weighted by atomic mass is 127. The average Bonchev–Trinajstić information content (AvgIpc) is 2.46. The Bertz CT molecular complexity index is 381. The van der Waals surface area contributed by atoms with Gasteiger partial charge in [-0.1, -0.05) is 43.2 Å². The molecule has 2 N–H and O–H groups in total. The van der Waals surface area contributed by atoms with Gasteiger partial charge in [0, 0.05) is 20.2 Å². The largest absolute Gasteiger partial charge is 0.383 e. The van der Waals surface area contributed by atoms with Crippen molar-refractivity contribution in [2.24, 2.45) is 4.99 Å². The lowest BCUT2D eigenvalue weighted by Gasteiger charge is -2.12. The van der Waals surface area contributed by atoms with Gasteiger partial charge in [0.1, 0.15) is 0 Å². The fourth-order valence-electron chi connectivity index (χ4n) is 1.69. The molecule has 1 aromatic carbocycles. The van der Waals surface area contributed by atoms with Gasteiger partial charge in [-0.2, -0.15) is 0 Å². The third-order valence-electron chi connectivity index (χ3n) is 2.96. The number of methoxy groups -OCH3 is 1. The van der Waals surface area contributed by atoms with Gasteiger partial charge in [-0.15, -0.1) is 24.0 Å². The van der Waals surface area contributed by atoms with Crippen molar-refractivity contribution in [2.75, 3.05) is 26.8 Å². The maximum atomic E-state index is 5.05. The molecule has 0 aliphatic rings. The zero-order chi connectivity index (χ0) is 14.6. The molecule has 120 valence electrons. The number of unbranched alkanes of at least 4 members (excludes halogenated alkanes) is 1. The van der Waals surface area contributed by atoms with Gasteiger partial charge in [-0.3, -0.25) is 0 Å². The first-order valence-electron chi connectivity index (χ1n) is 7.33. The first-order chi connectivity index (χ1) is 9.76. The number of hydrogen-bond acceptors (Lipinski definition) is 2. The summed E-state index contributed by atoms with van der Waals surface area (Å²) >= 11 is 0. The fourth-order valence-corrected chi connectivity index (χ4v) is 1.69. The summed E-state index contributed by atoms with van der Waals surface area (Å²) in [4.78, 5) is 4.61. The van der Waals surface area contributed by atoms with Crippen molar-refractivity contribution in [3.05, 3.63) is 35.4 Å². The Hall–Kier alpha value is -0.820. The van der Waals surface area contributed by atoms with Gasteiger partial charge < -0.3 is 15.4 Å². The van der Waals surface area contributed by atoms with Crippen LogP contribution in [0.3, 0.4) is 0 Å². The maximum absolute atomic E-state index is 5.05. The molecule has 0 amide bonds. The molecule has 4 nitrogen and oxygen atoms in total. The molecule has 0 fully saturated rings. The smallest absolute Gasteiger partial charge is 0.191 e. The van der Waals surface area contributed by atoms with Crippen LogP contribution in [-0.4, -0.2) is 32.8 Å². The van der Waals surface area contributed by atoms with Gasteiger partial charge in [0.15, 0.2) is 5.96 Å². The summed E-state index contributed by atoms with van der Waals surface area (Å²) in [7, 11) is 1.70. The molecule has 0 aliphatic carbocycles. The van der Waals surface area contributed by atoms with Crippen molar-refractivity contribution >= 4 is 29.9 Å². The monoisotopic (exact) mass is 405 g/mol. The number of guanidine groups is 1. The molecule has 0 spiro atoms. The molecule has 0 bridgehead atoms. The molecule has 0 heterocycles. The van der Waals surface area contributed by atoms with Gasteiger partial charge in [-0.05, 0) is 18.9 Å². The zero-order valence-electron chi connectivity index (χ0n) is 13.3. The summed E-state index contributed by atoms with van der Waals surface area (Å²) in [5, 5.41) is 6.62. The molecule has 5 heteroatoms. The minimum absolute atomic E-state index is 0. The molecule has 0 saturated carbocycles. The van der Waals surface area contributed by atoms with Crippen LogP contribution < -0.4 is 10.6 Å². The highest BCUT2D eigenvalue weighted by Crippen LogP contribution is 2.04. The van der Waals surface area contributed by atoms with E-state index in [1.165, 1.54) is 17.5 Å². The Morgan fingerprint density at radius 3 is 2.43 bits per heavy atom. The van der Waals surface area contributed by atoms with Crippen LogP contribution >= 0.6 is 24.0 Å². The number of aliphatic imine (C=N–C) groups is 1. The van der Waals surface area contributed by atoms with Crippen molar-refractivity contribution in [1.29, 1.82) is 0 Å². The first kappa shape index (κ1) is 20.2. The molecule has 0 saturated heterocycles. The molecule has 0 aromatic heterocycles. The van der Waals surface area contributed by atoms with Gasteiger partial charge in [-0.25, -0.2) is 4.99 Å². The van der Waals surface area contributed by atoms with E-state index in [9.17, 15) is 0 Å². The fraction of sp³-hybridized carbons (Fsp3) is 0.562. The Balaban J connectivity index is 0.00000400. The third-order valence-corrected chi connectivity index (χ3v) is 2.96. The number of nitrogens with zero attached hydrogens (tertiary/aromatic N) is 1. The van der Waals surface area contributed by atoms with Gasteiger partial charge >= 0.3 is 0 Å². The van der Waals surface area contributed by atoms with Gasteiger partial charge in [0.05, 0.1) is 13.2 Å². The predicted octanol–water partition coefficient (Wildman–Crippen LogP) is 3.09. The van der Waals surface area contributed by atoms with Crippen molar-refractivity contribution in [1.82, 2.24) is 10.6 Å². The lowest BCUT2D eigenvalue weighted by atomic mass is 10.1. The summed E-state index contributed by atoms with van der Waals surface area (Å²) in [6, 6.07) is 8.48. The van der Waals surface area contributed by atoms with Crippen LogP contribution in [0.1, 0.15) is 30.9 Å². The van der Waals surface area contributed by atoms with E-state index in [2.05, 4.69) is 53.7 Å². The van der Waals surface area contributed by atoms with Gasteiger partial charge in [0.25, 0.3) is 0 Å². The van der Waals surface area contributed by atoms with Crippen LogP contribution in [0.4, 0.5) is 0 Å². The van der Waals surface area contributed by atoms with Gasteiger partial charge in [0.2, 0.25) is 0 Å². The lowest BCUT2D eigenvalue weighted by Crippen LogP contribution is -2.39. The van der Waals surface area contributed by atoms with E-state index in [1.54, 1.807) is 7.11 Å². The first-order valence-corrected chi connectivity index (χ1v) is 7.33. The quantitative estimate of drug-likeness (QED) is 0.303. The number of aryl methyl sites for hydroxylation is 1. The van der Waals surface area contributed by atoms with E-state index in [0.717, 1.165) is 25.5 Å². The highest BCUT2D eigenvalue weighted by molar-refractivity contribution is 14.0. The summed E-state index contributed by atoms with van der Waals surface area (Å²) in [6.45, 7) is 7.36. The van der Waals surface area contributed by atoms with Crippen LogP contribution in [0.25, 0.3) is 0 Å². The number of nitrogens with one attached hydrogen (secondary N) is 2. The second kappa shape index (κ2) is 12.9. The van der Waals surface area contributed by atoms with Crippen molar-refractivity contribution in [3.8, 4) is 0 Å². The molecule has 0 aliphatic heterocycles. The number of halogens is 1. The zero-order valence-corrected chi connectivity index (χ0v) is 15.6. The van der Waals surface area contributed by atoms with Crippen LogP contribution in [0.2, 0.25) is 0 Å². The number of benzene rings is 1. The molecular weight excluding hydrogens is 377 g/mol. The van der Waals surface area contributed by atoms with E-state index in [-0.39, 0.29) is 24.0 Å². The van der Waals surface area contributed by atoms with E-state index in [1.807, 2.05) is 0 Å². The highest BCUT2D eigenvalue weighted by Gasteiger charge is 1.98. The Labute approximate surface area is 145 Å². The number of hydrogen-bond donors (Lipinski definition) is 2. The van der Waals surface area contributed by atoms with Crippen LogP contribution in [0, 0.1) is 6.92 Å². The molecule has 1 rings (SSSR count). The van der Waals surface area contributed by atoms with Crippen molar-refractivity contribution in [2.45, 2.75) is 33.2 Å². The molecule has 0 atom stereocenters. The lowest BCUT2D eigenvalue weighted by molar-refractivity contribution is 0.203. The van der Waals surface area contributed by atoms with Crippen LogP contribution in [0.15, 0.2) is 29.3 Å². The topological polar surface area (TPSA) is 45.7 Å². The summed E-state index contributed by atoms with van der Waals surface area (Å²) in [5.41, 5.74) is 2.50. The molecule has 0 unspecified atom stereocenters. The number of ether oxygens (including phenoxy) is 1. The minimum Gasteiger partial charge on any atom is -0.383 e. The van der Waals surface area contributed by atoms with E-state index >= 15 is 0 Å². The summed E-state index contributed by atoms with van der Waals surface area (Å²) in [5.74, 6) is 0.857. The molecule has 21 heavy (non-hydrogen) atoms. The Morgan fingerprint density at radius 1 is 1.14 bits per heavy atom. The predicted molar refractivity (Wildman–Crippen MR) is 101 cm³/mol. The van der Waals surface area contributed by atoms with Crippen LogP contribution in [0.5, 0.6) is 0 Å². The van der Waals surface area contributed by atoms with Crippen LogP contribution in [-0.2, 0) is 11.3 Å². The Kier molecular flexibility index (Phi) is 12.4. The molecule has 0 radical (unpaired) electrons. The third kappa shape index (κ3) is 9.68. The van der Waals surface area contributed by atoms with E-state index in [0.29, 0.717) is 13.2 Å². The molecule has 1 aromatic rings.